The highest BCUT2D eigenvalue weighted by atomic mass is 32.1. The summed E-state index contributed by atoms with van der Waals surface area (Å²) in [5.41, 5.74) is 1.65. The molecule has 0 aliphatic rings. The molecule has 0 aliphatic heterocycles. The molecule has 0 aliphatic carbocycles. The Balaban J connectivity index is 2.74. The minimum absolute atomic E-state index is 0.0186. The first-order chi connectivity index (χ1) is 10.8. The molecule has 0 saturated heterocycles. The van der Waals surface area contributed by atoms with Crippen LogP contribution in [0.2, 0.25) is 0 Å². The molecule has 0 radical (unpaired) electrons. The number of aliphatic hydroxyl groups excluding tert-OH is 1. The van der Waals surface area contributed by atoms with Crippen LogP contribution in [0.3, 0.4) is 0 Å². The van der Waals surface area contributed by atoms with Gasteiger partial charge in [-0.2, -0.15) is 0 Å². The van der Waals surface area contributed by atoms with E-state index in [4.69, 9.17) is 10.1 Å². The number of aliphatic hydroxyl groups is 1. The van der Waals surface area contributed by atoms with Crippen LogP contribution in [0.4, 0.5) is 0 Å². The number of aromatic nitrogens is 1. The normalized spacial score (nSPS) is 13.2. The number of esters is 1. The van der Waals surface area contributed by atoms with Gasteiger partial charge < -0.3 is 20.6 Å². The van der Waals surface area contributed by atoms with Crippen molar-refractivity contribution in [1.29, 1.82) is 5.41 Å². The summed E-state index contributed by atoms with van der Waals surface area (Å²) in [5, 5.41) is 20.6. The number of carbonyl (C=O) groups is 3. The van der Waals surface area contributed by atoms with Crippen LogP contribution in [-0.2, 0) is 19.1 Å². The molecule has 2 atom stereocenters. The van der Waals surface area contributed by atoms with Crippen molar-refractivity contribution < 1.29 is 24.2 Å². The highest BCUT2D eigenvalue weighted by Gasteiger charge is 2.28. The van der Waals surface area contributed by atoms with Crippen LogP contribution in [0.15, 0.2) is 10.9 Å². The fourth-order valence-electron chi connectivity index (χ4n) is 1.66. The molecule has 0 saturated carbocycles. The second-order valence-electron chi connectivity index (χ2n) is 5.01. The molecule has 9 heteroatoms. The van der Waals surface area contributed by atoms with Gasteiger partial charge in [0.1, 0.15) is 6.04 Å². The van der Waals surface area contributed by atoms with Gasteiger partial charge in [0.05, 0.1) is 23.5 Å². The lowest BCUT2D eigenvalue weighted by Crippen LogP contribution is -2.44. The number of carbonyl (C=O) groups excluding carboxylic acids is 3. The van der Waals surface area contributed by atoms with Crippen molar-refractivity contribution in [2.75, 3.05) is 0 Å². The molecule has 1 amide bonds. The zero-order valence-corrected chi connectivity index (χ0v) is 13.6. The quantitative estimate of drug-likeness (QED) is 0.446. The summed E-state index contributed by atoms with van der Waals surface area (Å²) < 4.78 is 5.03. The molecule has 1 aromatic heterocycles. The number of ether oxygens (including phenoxy) is 1. The van der Waals surface area contributed by atoms with Crippen LogP contribution in [0, 0.1) is 5.41 Å². The van der Waals surface area contributed by atoms with Crippen LogP contribution in [0.5, 0.6) is 0 Å². The van der Waals surface area contributed by atoms with Crippen molar-refractivity contribution in [3.8, 4) is 0 Å². The van der Waals surface area contributed by atoms with Gasteiger partial charge in [-0.15, -0.1) is 11.3 Å². The molecule has 0 aromatic carbocycles. The first-order valence-electron chi connectivity index (χ1n) is 6.95. The fourth-order valence-corrected chi connectivity index (χ4v) is 2.24. The number of nitrogens with one attached hydrogen (secondary N) is 2. The maximum absolute atomic E-state index is 12.0. The van der Waals surface area contributed by atoms with E-state index in [-0.39, 0.29) is 24.6 Å². The fraction of sp³-hybridized carbons (Fsp3) is 0.500. The molecule has 0 spiro atoms. The average molecular weight is 341 g/mol. The second-order valence-corrected chi connectivity index (χ2v) is 5.73. The standard InChI is InChI=1S/C14H19N3O5S/c1-8(2)22-14(21)10(4-3-9(18)5-15)17-13(20)12(19)11-6-23-7-16-11/h5-8,10,12,15,19H,3-4H2,1-2H3,(H,17,20)/t10-,12-/m0/s1. The van der Waals surface area contributed by atoms with E-state index in [2.05, 4.69) is 10.3 Å². The summed E-state index contributed by atoms with van der Waals surface area (Å²) >= 11 is 1.22. The first-order valence-corrected chi connectivity index (χ1v) is 7.89. The van der Waals surface area contributed by atoms with Gasteiger partial charge in [-0.1, -0.05) is 0 Å². The number of hydrogen-bond acceptors (Lipinski definition) is 8. The Kier molecular flexibility index (Phi) is 7.49. The van der Waals surface area contributed by atoms with Gasteiger partial charge in [0, 0.05) is 11.8 Å². The topological polar surface area (TPSA) is 129 Å². The minimum atomic E-state index is -1.51. The Morgan fingerprint density at radius 3 is 2.70 bits per heavy atom. The number of rotatable bonds is 9. The van der Waals surface area contributed by atoms with Crippen molar-refractivity contribution in [1.82, 2.24) is 10.3 Å². The summed E-state index contributed by atoms with van der Waals surface area (Å²) in [6, 6.07) is -1.08. The first kappa shape index (κ1) is 18.9. The van der Waals surface area contributed by atoms with E-state index in [1.165, 1.54) is 22.2 Å². The van der Waals surface area contributed by atoms with Crippen LogP contribution < -0.4 is 5.32 Å². The molecule has 126 valence electrons. The Bertz CT molecular complexity index is 559. The zero-order chi connectivity index (χ0) is 17.4. The molecule has 23 heavy (non-hydrogen) atoms. The van der Waals surface area contributed by atoms with E-state index in [1.807, 2.05) is 0 Å². The minimum Gasteiger partial charge on any atom is -0.461 e. The third kappa shape index (κ3) is 6.25. The Labute approximate surface area is 137 Å². The van der Waals surface area contributed by atoms with Crippen LogP contribution in [-0.4, -0.2) is 46.1 Å². The maximum Gasteiger partial charge on any atom is 0.328 e. The van der Waals surface area contributed by atoms with Crippen molar-refractivity contribution in [3.63, 3.8) is 0 Å². The maximum atomic E-state index is 12.0. The summed E-state index contributed by atoms with van der Waals surface area (Å²) in [6.07, 6.45) is -1.35. The number of thiazole rings is 1. The predicted molar refractivity (Wildman–Crippen MR) is 83.3 cm³/mol. The van der Waals surface area contributed by atoms with E-state index >= 15 is 0 Å². The van der Waals surface area contributed by atoms with Crippen molar-refractivity contribution in [3.05, 3.63) is 16.6 Å². The van der Waals surface area contributed by atoms with Crippen LogP contribution >= 0.6 is 11.3 Å². The number of hydrogen-bond donors (Lipinski definition) is 3. The van der Waals surface area contributed by atoms with Gasteiger partial charge in [-0.25, -0.2) is 9.78 Å². The van der Waals surface area contributed by atoms with Crippen molar-refractivity contribution in [2.45, 2.75) is 44.9 Å². The monoisotopic (exact) mass is 341 g/mol. The lowest BCUT2D eigenvalue weighted by Gasteiger charge is -2.20. The molecule has 3 N–H and O–H groups in total. The summed E-state index contributed by atoms with van der Waals surface area (Å²) in [7, 11) is 0. The Hall–Kier alpha value is -2.13. The van der Waals surface area contributed by atoms with Crippen molar-refractivity contribution in [2.24, 2.45) is 0 Å². The lowest BCUT2D eigenvalue weighted by molar-refractivity contribution is -0.152. The van der Waals surface area contributed by atoms with Crippen molar-refractivity contribution >= 4 is 35.2 Å². The predicted octanol–water partition coefficient (Wildman–Crippen LogP) is 0.612. The van der Waals surface area contributed by atoms with Gasteiger partial charge in [0.2, 0.25) is 0 Å². The van der Waals surface area contributed by atoms with Gasteiger partial charge in [0.15, 0.2) is 11.9 Å². The summed E-state index contributed by atoms with van der Waals surface area (Å²) in [6.45, 7) is 3.31. The molecule has 0 bridgehead atoms. The number of nitrogens with zero attached hydrogens (tertiary/aromatic N) is 1. The zero-order valence-electron chi connectivity index (χ0n) is 12.8. The van der Waals surface area contributed by atoms with Gasteiger partial charge in [0.25, 0.3) is 5.91 Å². The van der Waals surface area contributed by atoms with E-state index in [1.54, 1.807) is 13.8 Å². The second kappa shape index (κ2) is 9.11. The van der Waals surface area contributed by atoms with E-state index < -0.39 is 29.8 Å². The Morgan fingerprint density at radius 2 is 2.17 bits per heavy atom. The van der Waals surface area contributed by atoms with E-state index in [0.29, 0.717) is 6.21 Å². The van der Waals surface area contributed by atoms with Crippen LogP contribution in [0.25, 0.3) is 0 Å². The number of ketones is 1. The molecule has 0 unspecified atom stereocenters. The molecule has 8 nitrogen and oxygen atoms in total. The van der Waals surface area contributed by atoms with Gasteiger partial charge >= 0.3 is 5.97 Å². The largest absolute Gasteiger partial charge is 0.461 e. The summed E-state index contributed by atoms with van der Waals surface area (Å²) in [4.78, 5) is 39.1. The smallest absolute Gasteiger partial charge is 0.328 e. The molecule has 0 fully saturated rings. The number of Topliss-reactive ketones (excluding diaryl/α,β-unsaturated/α-hetero) is 1. The van der Waals surface area contributed by atoms with Gasteiger partial charge in [-0.3, -0.25) is 9.59 Å². The lowest BCUT2D eigenvalue weighted by atomic mass is 10.1. The van der Waals surface area contributed by atoms with E-state index in [9.17, 15) is 19.5 Å². The third-order valence-corrected chi connectivity index (χ3v) is 3.38. The molecule has 1 heterocycles. The Morgan fingerprint density at radius 1 is 1.48 bits per heavy atom. The molecule has 1 rings (SSSR count). The van der Waals surface area contributed by atoms with Crippen LogP contribution in [0.1, 0.15) is 38.5 Å². The van der Waals surface area contributed by atoms with Gasteiger partial charge in [-0.05, 0) is 20.3 Å². The highest BCUT2D eigenvalue weighted by Crippen LogP contribution is 2.13. The molecular formula is C14H19N3O5S. The summed E-state index contributed by atoms with van der Waals surface area (Å²) in [5.74, 6) is -1.97. The highest BCUT2D eigenvalue weighted by molar-refractivity contribution is 7.07. The molecule has 1 aromatic rings. The number of amides is 1. The third-order valence-electron chi connectivity index (χ3n) is 2.77. The SMILES string of the molecule is CC(C)OC(=O)[C@H](CCC(=O)C=N)NC(=O)[C@@H](O)c1cscn1. The average Bonchev–Trinajstić information content (AvgIpc) is 3.03. The molecular weight excluding hydrogens is 322 g/mol. The van der Waals surface area contributed by atoms with E-state index in [0.717, 1.165) is 0 Å².